The van der Waals surface area contributed by atoms with E-state index < -0.39 is 12.1 Å². The molecule has 2 aromatic rings. The van der Waals surface area contributed by atoms with Crippen molar-refractivity contribution < 1.29 is 19.7 Å². The lowest BCUT2D eigenvalue weighted by Crippen LogP contribution is -2.05. The molecular weight excluding hydrogens is 292 g/mol. The Bertz CT molecular complexity index is 593. The van der Waals surface area contributed by atoms with Crippen LogP contribution in [0.15, 0.2) is 48.5 Å². The summed E-state index contributed by atoms with van der Waals surface area (Å²) < 4.78 is 5.29. The van der Waals surface area contributed by atoms with Gasteiger partial charge in [-0.15, -0.1) is 0 Å². The van der Waals surface area contributed by atoms with Crippen LogP contribution in [0.5, 0.6) is 5.75 Å². The van der Waals surface area contributed by atoms with Crippen LogP contribution in [-0.4, -0.2) is 22.8 Å². The highest BCUT2D eigenvalue weighted by molar-refractivity contribution is 6.30. The minimum Gasteiger partial charge on any atom is -0.493 e. The summed E-state index contributed by atoms with van der Waals surface area (Å²) in [5, 5.41) is 19.4. The molecule has 110 valence electrons. The summed E-state index contributed by atoms with van der Waals surface area (Å²) in [5.74, 6) is -0.326. The maximum atomic E-state index is 10.4. The molecule has 1 atom stereocenters. The molecule has 0 amide bonds. The van der Waals surface area contributed by atoms with Crippen LogP contribution in [0.1, 0.15) is 23.7 Å². The third kappa shape index (κ3) is 4.48. The highest BCUT2D eigenvalue weighted by Crippen LogP contribution is 2.25. The Hall–Kier alpha value is -2.04. The molecular formula is C16H15ClO4. The Morgan fingerprint density at radius 3 is 2.10 bits per heavy atom. The molecule has 0 aliphatic rings. The van der Waals surface area contributed by atoms with Crippen LogP contribution in [0.25, 0.3) is 0 Å². The number of carboxylic acid groups (broad SMARTS) is 1. The number of rotatable bonds is 6. The zero-order valence-corrected chi connectivity index (χ0v) is 12.0. The second-order valence-electron chi connectivity index (χ2n) is 4.52. The molecule has 2 N–H and O–H groups in total. The molecule has 2 rings (SSSR count). The first-order valence-corrected chi connectivity index (χ1v) is 6.82. The second kappa shape index (κ2) is 7.11. The summed E-state index contributed by atoms with van der Waals surface area (Å²) in [5.41, 5.74) is 1.47. The molecule has 0 radical (unpaired) electrons. The largest absolute Gasteiger partial charge is 0.493 e. The quantitative estimate of drug-likeness (QED) is 0.859. The highest BCUT2D eigenvalue weighted by atomic mass is 35.5. The van der Waals surface area contributed by atoms with Gasteiger partial charge in [0.15, 0.2) is 0 Å². The molecule has 0 aliphatic carbocycles. The summed E-state index contributed by atoms with van der Waals surface area (Å²) >= 11 is 5.81. The maximum Gasteiger partial charge on any atom is 0.306 e. The van der Waals surface area contributed by atoms with Crippen molar-refractivity contribution in [3.05, 3.63) is 64.7 Å². The lowest BCUT2D eigenvalue weighted by atomic mass is 10.0. The molecule has 5 heteroatoms. The molecule has 0 saturated carbocycles. The van der Waals surface area contributed by atoms with Crippen molar-refractivity contribution in [3.63, 3.8) is 0 Å². The van der Waals surface area contributed by atoms with Crippen LogP contribution in [-0.2, 0) is 4.79 Å². The van der Waals surface area contributed by atoms with E-state index in [1.165, 1.54) is 0 Å². The minimum atomic E-state index is -0.898. The van der Waals surface area contributed by atoms with Crippen LogP contribution < -0.4 is 4.74 Å². The van der Waals surface area contributed by atoms with E-state index in [0.29, 0.717) is 10.8 Å². The van der Waals surface area contributed by atoms with E-state index in [1.54, 1.807) is 48.5 Å². The van der Waals surface area contributed by atoms with E-state index in [0.717, 1.165) is 11.1 Å². The molecule has 0 fully saturated rings. The molecule has 0 saturated heterocycles. The maximum absolute atomic E-state index is 10.4. The molecule has 0 aromatic heterocycles. The van der Waals surface area contributed by atoms with Gasteiger partial charge < -0.3 is 14.9 Å². The average Bonchev–Trinajstić information content (AvgIpc) is 2.48. The first-order valence-electron chi connectivity index (χ1n) is 6.44. The third-order valence-corrected chi connectivity index (χ3v) is 3.22. The average molecular weight is 307 g/mol. The number of hydrogen-bond acceptors (Lipinski definition) is 3. The van der Waals surface area contributed by atoms with Gasteiger partial charge in [-0.2, -0.15) is 0 Å². The van der Waals surface area contributed by atoms with Gasteiger partial charge in [-0.3, -0.25) is 4.79 Å². The van der Waals surface area contributed by atoms with Gasteiger partial charge in [-0.05, 0) is 35.4 Å². The molecule has 0 bridgehead atoms. The molecule has 4 nitrogen and oxygen atoms in total. The van der Waals surface area contributed by atoms with Crippen molar-refractivity contribution in [3.8, 4) is 5.75 Å². The van der Waals surface area contributed by atoms with E-state index in [1.807, 2.05) is 0 Å². The fourth-order valence-electron chi connectivity index (χ4n) is 1.84. The molecule has 2 aromatic carbocycles. The summed E-state index contributed by atoms with van der Waals surface area (Å²) in [4.78, 5) is 10.4. The number of aliphatic carboxylic acids is 1. The van der Waals surface area contributed by atoms with Gasteiger partial charge in [0.2, 0.25) is 0 Å². The van der Waals surface area contributed by atoms with E-state index in [4.69, 9.17) is 21.4 Å². The Morgan fingerprint density at radius 2 is 1.57 bits per heavy atom. The van der Waals surface area contributed by atoms with Crippen LogP contribution in [0, 0.1) is 0 Å². The number of aliphatic hydroxyl groups excluding tert-OH is 1. The van der Waals surface area contributed by atoms with Crippen molar-refractivity contribution in [2.75, 3.05) is 6.61 Å². The van der Waals surface area contributed by atoms with E-state index >= 15 is 0 Å². The topological polar surface area (TPSA) is 66.8 Å². The van der Waals surface area contributed by atoms with Gasteiger partial charge in [0, 0.05) is 5.02 Å². The van der Waals surface area contributed by atoms with Crippen LogP contribution in [0.4, 0.5) is 0 Å². The second-order valence-corrected chi connectivity index (χ2v) is 4.95. The van der Waals surface area contributed by atoms with E-state index in [-0.39, 0.29) is 13.0 Å². The smallest absolute Gasteiger partial charge is 0.306 e. The number of hydrogen-bond donors (Lipinski definition) is 2. The first-order chi connectivity index (χ1) is 10.1. The van der Waals surface area contributed by atoms with Gasteiger partial charge in [0.1, 0.15) is 11.9 Å². The normalized spacial score (nSPS) is 11.9. The zero-order valence-electron chi connectivity index (χ0n) is 11.2. The summed E-state index contributed by atoms with van der Waals surface area (Å²) in [7, 11) is 0. The minimum absolute atomic E-state index is 0.0465. The van der Waals surface area contributed by atoms with Gasteiger partial charge in [-0.25, -0.2) is 0 Å². The van der Waals surface area contributed by atoms with Crippen molar-refractivity contribution in [2.24, 2.45) is 0 Å². The molecule has 0 aliphatic heterocycles. The lowest BCUT2D eigenvalue weighted by Gasteiger charge is -2.12. The lowest BCUT2D eigenvalue weighted by molar-refractivity contribution is -0.137. The summed E-state index contributed by atoms with van der Waals surface area (Å²) in [6.07, 6.45) is -0.787. The first kappa shape index (κ1) is 15.4. The fraction of sp³-hybridized carbons (Fsp3) is 0.188. The fourth-order valence-corrected chi connectivity index (χ4v) is 1.97. The Kier molecular flexibility index (Phi) is 5.20. The number of carbonyl (C=O) groups is 1. The summed E-state index contributed by atoms with van der Waals surface area (Å²) in [6.45, 7) is 0.119. The van der Waals surface area contributed by atoms with Crippen molar-refractivity contribution in [2.45, 2.75) is 12.5 Å². The number of ether oxygens (including phenoxy) is 1. The Labute approximate surface area is 127 Å². The van der Waals surface area contributed by atoms with Gasteiger partial charge in [-0.1, -0.05) is 35.9 Å². The third-order valence-electron chi connectivity index (χ3n) is 2.97. The molecule has 0 spiro atoms. The SMILES string of the molecule is O=C(O)CCOc1ccc(C(O)c2ccc(Cl)cc2)cc1. The molecule has 21 heavy (non-hydrogen) atoms. The molecule has 1 unspecified atom stereocenters. The highest BCUT2D eigenvalue weighted by Gasteiger charge is 2.10. The van der Waals surface area contributed by atoms with E-state index in [2.05, 4.69) is 0 Å². The number of benzene rings is 2. The number of carboxylic acids is 1. The monoisotopic (exact) mass is 306 g/mol. The van der Waals surface area contributed by atoms with E-state index in [9.17, 15) is 9.90 Å². The van der Waals surface area contributed by atoms with Crippen LogP contribution in [0.2, 0.25) is 5.02 Å². The predicted molar refractivity (Wildman–Crippen MR) is 79.7 cm³/mol. The standard InChI is InChI=1S/C16H15ClO4/c17-13-5-1-11(2-6-13)16(20)12-3-7-14(8-4-12)21-10-9-15(18)19/h1-8,16,20H,9-10H2,(H,18,19). The van der Waals surface area contributed by atoms with Crippen molar-refractivity contribution in [1.29, 1.82) is 0 Å². The number of halogens is 1. The Balaban J connectivity index is 2.01. The summed E-state index contributed by atoms with van der Waals surface area (Å²) in [6, 6.07) is 13.9. The van der Waals surface area contributed by atoms with Crippen LogP contribution >= 0.6 is 11.6 Å². The van der Waals surface area contributed by atoms with Crippen LogP contribution in [0.3, 0.4) is 0 Å². The van der Waals surface area contributed by atoms with Gasteiger partial charge in [0.05, 0.1) is 13.0 Å². The Morgan fingerprint density at radius 1 is 1.05 bits per heavy atom. The van der Waals surface area contributed by atoms with Gasteiger partial charge >= 0.3 is 5.97 Å². The molecule has 0 heterocycles. The van der Waals surface area contributed by atoms with Crippen molar-refractivity contribution in [1.82, 2.24) is 0 Å². The van der Waals surface area contributed by atoms with Crippen molar-refractivity contribution >= 4 is 17.6 Å². The zero-order chi connectivity index (χ0) is 15.2. The predicted octanol–water partition coefficient (Wildman–Crippen LogP) is 3.28. The van der Waals surface area contributed by atoms with Gasteiger partial charge in [0.25, 0.3) is 0 Å². The number of aliphatic hydroxyl groups is 1.